The first-order valence-electron chi connectivity index (χ1n) is 7.20. The maximum absolute atomic E-state index is 5.40. The maximum atomic E-state index is 5.40. The molecule has 0 aliphatic heterocycles. The number of hydrogen-bond acceptors (Lipinski definition) is 2. The molecule has 0 radical (unpaired) electrons. The Bertz CT molecular complexity index is 598. The first-order valence-corrected chi connectivity index (χ1v) is 7.99. The second-order valence-electron chi connectivity index (χ2n) is 5.38. The van der Waals surface area contributed by atoms with Gasteiger partial charge in [-0.2, -0.15) is 0 Å². The summed E-state index contributed by atoms with van der Waals surface area (Å²) in [6, 6.07) is 15.1. The van der Waals surface area contributed by atoms with Gasteiger partial charge in [-0.25, -0.2) is 0 Å². The van der Waals surface area contributed by atoms with Crippen LogP contribution in [-0.2, 0) is 13.0 Å². The van der Waals surface area contributed by atoms with Crippen molar-refractivity contribution < 1.29 is 4.74 Å². The first kappa shape index (κ1) is 16.1. The molecular weight excluding hydrogens is 326 g/mol. The van der Waals surface area contributed by atoms with E-state index in [0.717, 1.165) is 18.7 Å². The van der Waals surface area contributed by atoms with E-state index in [-0.39, 0.29) is 0 Å². The summed E-state index contributed by atoms with van der Waals surface area (Å²) in [5, 5.41) is 3.57. The van der Waals surface area contributed by atoms with E-state index in [0.29, 0.717) is 6.04 Å². The number of aryl methyl sites for hydroxylation is 1. The van der Waals surface area contributed by atoms with Gasteiger partial charge in [-0.1, -0.05) is 46.3 Å². The van der Waals surface area contributed by atoms with Crippen LogP contribution in [0.2, 0.25) is 0 Å². The molecule has 0 amide bonds. The number of hydrogen-bond donors (Lipinski definition) is 1. The van der Waals surface area contributed by atoms with Crippen molar-refractivity contribution >= 4 is 15.9 Å². The molecule has 1 atom stereocenters. The third kappa shape index (κ3) is 4.58. The lowest BCUT2D eigenvalue weighted by molar-refractivity contribution is 0.406. The van der Waals surface area contributed by atoms with Crippen molar-refractivity contribution in [2.75, 3.05) is 7.11 Å². The van der Waals surface area contributed by atoms with Crippen LogP contribution in [0.1, 0.15) is 23.6 Å². The molecule has 1 N–H and O–H groups in total. The van der Waals surface area contributed by atoms with Crippen LogP contribution in [0, 0.1) is 6.92 Å². The normalized spacial score (nSPS) is 12.2. The van der Waals surface area contributed by atoms with Crippen molar-refractivity contribution in [1.82, 2.24) is 5.32 Å². The minimum absolute atomic E-state index is 0.390. The van der Waals surface area contributed by atoms with Crippen molar-refractivity contribution in [2.24, 2.45) is 0 Å². The molecule has 2 aromatic rings. The minimum Gasteiger partial charge on any atom is -0.496 e. The molecule has 0 spiro atoms. The number of ether oxygens (including phenoxy) is 1. The van der Waals surface area contributed by atoms with Crippen LogP contribution < -0.4 is 10.1 Å². The van der Waals surface area contributed by atoms with Crippen LogP contribution in [0.3, 0.4) is 0 Å². The van der Waals surface area contributed by atoms with Gasteiger partial charge in [0.05, 0.1) is 7.11 Å². The third-order valence-electron chi connectivity index (χ3n) is 3.61. The third-order valence-corrected chi connectivity index (χ3v) is 4.46. The summed E-state index contributed by atoms with van der Waals surface area (Å²) in [7, 11) is 1.72. The molecule has 1 unspecified atom stereocenters. The molecule has 0 fully saturated rings. The topological polar surface area (TPSA) is 21.3 Å². The Morgan fingerprint density at radius 2 is 1.95 bits per heavy atom. The molecule has 0 bridgehead atoms. The lowest BCUT2D eigenvalue weighted by Gasteiger charge is -2.16. The highest BCUT2D eigenvalue weighted by Gasteiger charge is 2.08. The second kappa shape index (κ2) is 7.62. The maximum Gasteiger partial charge on any atom is 0.122 e. The van der Waals surface area contributed by atoms with Gasteiger partial charge in [0, 0.05) is 17.1 Å². The fourth-order valence-electron chi connectivity index (χ4n) is 2.31. The zero-order valence-electron chi connectivity index (χ0n) is 12.8. The zero-order valence-corrected chi connectivity index (χ0v) is 14.4. The molecule has 2 aromatic carbocycles. The van der Waals surface area contributed by atoms with E-state index in [1.165, 1.54) is 21.2 Å². The van der Waals surface area contributed by atoms with Gasteiger partial charge in [0.1, 0.15) is 5.75 Å². The Morgan fingerprint density at radius 3 is 2.67 bits per heavy atom. The van der Waals surface area contributed by atoms with Crippen molar-refractivity contribution in [3.63, 3.8) is 0 Å². The fraction of sp³-hybridized carbons (Fsp3) is 0.333. The van der Waals surface area contributed by atoms with E-state index in [4.69, 9.17) is 4.74 Å². The van der Waals surface area contributed by atoms with Crippen LogP contribution in [0.25, 0.3) is 0 Å². The van der Waals surface area contributed by atoms with Crippen LogP contribution in [0.15, 0.2) is 46.9 Å². The average molecular weight is 348 g/mol. The zero-order chi connectivity index (χ0) is 15.2. The van der Waals surface area contributed by atoms with Gasteiger partial charge >= 0.3 is 0 Å². The van der Waals surface area contributed by atoms with E-state index >= 15 is 0 Å². The van der Waals surface area contributed by atoms with Gasteiger partial charge in [-0.05, 0) is 49.1 Å². The number of methoxy groups -OCH3 is 1. The summed E-state index contributed by atoms with van der Waals surface area (Å²) in [6.45, 7) is 5.18. The number of para-hydroxylation sites is 1. The Labute approximate surface area is 135 Å². The van der Waals surface area contributed by atoms with Crippen molar-refractivity contribution in [3.05, 3.63) is 63.6 Å². The van der Waals surface area contributed by atoms with Crippen molar-refractivity contribution in [1.29, 1.82) is 0 Å². The summed E-state index contributed by atoms with van der Waals surface area (Å²) in [5.41, 5.74) is 3.80. The van der Waals surface area contributed by atoms with Gasteiger partial charge in [0.25, 0.3) is 0 Å². The highest BCUT2D eigenvalue weighted by Crippen LogP contribution is 2.20. The lowest BCUT2D eigenvalue weighted by atomic mass is 10.1. The van der Waals surface area contributed by atoms with Crippen LogP contribution in [-0.4, -0.2) is 13.2 Å². The Balaban J connectivity index is 1.92. The molecule has 2 nitrogen and oxygen atoms in total. The summed E-state index contributed by atoms with van der Waals surface area (Å²) >= 11 is 3.58. The van der Waals surface area contributed by atoms with Gasteiger partial charge in [-0.3, -0.25) is 0 Å². The summed E-state index contributed by atoms with van der Waals surface area (Å²) in [6.07, 6.45) is 0.955. The smallest absolute Gasteiger partial charge is 0.122 e. The van der Waals surface area contributed by atoms with E-state index in [9.17, 15) is 0 Å². The molecule has 0 aliphatic rings. The molecule has 21 heavy (non-hydrogen) atoms. The molecule has 0 aromatic heterocycles. The van der Waals surface area contributed by atoms with E-state index < -0.39 is 0 Å². The number of nitrogens with one attached hydrogen (secondary N) is 1. The summed E-state index contributed by atoms with van der Waals surface area (Å²) in [4.78, 5) is 0. The Hall–Kier alpha value is -1.32. The molecule has 0 saturated heterocycles. The Kier molecular flexibility index (Phi) is 5.83. The van der Waals surface area contributed by atoms with E-state index in [2.05, 4.69) is 65.4 Å². The number of benzene rings is 2. The molecule has 0 heterocycles. The molecule has 2 rings (SSSR count). The summed E-state index contributed by atoms with van der Waals surface area (Å²) in [5.74, 6) is 0.962. The highest BCUT2D eigenvalue weighted by molar-refractivity contribution is 9.10. The first-order chi connectivity index (χ1) is 10.1. The second-order valence-corrected chi connectivity index (χ2v) is 6.24. The average Bonchev–Trinajstić information content (AvgIpc) is 2.49. The van der Waals surface area contributed by atoms with Gasteiger partial charge in [0.15, 0.2) is 0 Å². The van der Waals surface area contributed by atoms with Gasteiger partial charge < -0.3 is 10.1 Å². The standard InChI is InChI=1S/C18H22BrNO/c1-13-8-9-15(11-17(13)19)12-20-14(2)10-16-6-4-5-7-18(16)21-3/h4-9,11,14,20H,10,12H2,1-3H3. The number of halogens is 1. The Morgan fingerprint density at radius 1 is 1.19 bits per heavy atom. The molecule has 0 saturated carbocycles. The lowest BCUT2D eigenvalue weighted by Crippen LogP contribution is -2.27. The largest absolute Gasteiger partial charge is 0.496 e. The molecule has 112 valence electrons. The highest BCUT2D eigenvalue weighted by atomic mass is 79.9. The SMILES string of the molecule is COc1ccccc1CC(C)NCc1ccc(C)c(Br)c1. The molecular formula is C18H22BrNO. The predicted molar refractivity (Wildman–Crippen MR) is 91.9 cm³/mol. The van der Waals surface area contributed by atoms with Gasteiger partial charge in [-0.15, -0.1) is 0 Å². The molecule has 0 aliphatic carbocycles. The predicted octanol–water partition coefficient (Wildman–Crippen LogP) is 4.49. The van der Waals surface area contributed by atoms with E-state index in [1.807, 2.05) is 12.1 Å². The molecule has 3 heteroatoms. The van der Waals surface area contributed by atoms with Crippen LogP contribution >= 0.6 is 15.9 Å². The quantitative estimate of drug-likeness (QED) is 0.831. The summed E-state index contributed by atoms with van der Waals surface area (Å²) < 4.78 is 6.57. The monoisotopic (exact) mass is 347 g/mol. The van der Waals surface area contributed by atoms with Crippen molar-refractivity contribution in [2.45, 2.75) is 32.9 Å². The van der Waals surface area contributed by atoms with Crippen LogP contribution in [0.5, 0.6) is 5.75 Å². The van der Waals surface area contributed by atoms with Crippen molar-refractivity contribution in [3.8, 4) is 5.75 Å². The fourth-order valence-corrected chi connectivity index (χ4v) is 2.74. The van der Waals surface area contributed by atoms with Gasteiger partial charge in [0.2, 0.25) is 0 Å². The van der Waals surface area contributed by atoms with Crippen LogP contribution in [0.4, 0.5) is 0 Å². The number of rotatable bonds is 6. The minimum atomic E-state index is 0.390. The van der Waals surface area contributed by atoms with E-state index in [1.54, 1.807) is 7.11 Å².